The fourth-order valence-electron chi connectivity index (χ4n) is 4.17. The Labute approximate surface area is 213 Å². The quantitative estimate of drug-likeness (QED) is 0.269. The molecule has 2 rings (SSSR count). The number of hydrogen-bond donors (Lipinski definition) is 1. The van der Waals surface area contributed by atoms with Gasteiger partial charge in [0, 0.05) is 5.41 Å². The van der Waals surface area contributed by atoms with E-state index >= 15 is 0 Å². The summed E-state index contributed by atoms with van der Waals surface area (Å²) in [4.78, 5) is 26.3. The van der Waals surface area contributed by atoms with Crippen molar-refractivity contribution in [3.05, 3.63) is 33.4 Å². The zero-order valence-electron chi connectivity index (χ0n) is 19.7. The van der Waals surface area contributed by atoms with E-state index in [-0.39, 0.29) is 53.2 Å². The predicted molar refractivity (Wildman–Crippen MR) is 128 cm³/mol. The molecule has 1 atom stereocenters. The van der Waals surface area contributed by atoms with Gasteiger partial charge in [0.2, 0.25) is 6.10 Å². The van der Waals surface area contributed by atoms with Gasteiger partial charge in [-0.2, -0.15) is 21.6 Å². The summed E-state index contributed by atoms with van der Waals surface area (Å²) in [7, 11) is 18.1. The van der Waals surface area contributed by atoms with Crippen molar-refractivity contribution in [1.29, 1.82) is 0 Å². The summed E-state index contributed by atoms with van der Waals surface area (Å²) >= 11 is 0. The molecule has 188 valence electrons. The highest BCUT2D eigenvalue weighted by atomic mass is 32.2. The molecule has 8 radical (unpaired) electrons. The molecule has 1 N–H and O–H groups in total. The van der Waals surface area contributed by atoms with E-state index in [9.17, 15) is 31.2 Å². The maximum absolute atomic E-state index is 13.4. The van der Waals surface area contributed by atoms with E-state index in [0.29, 0.717) is 0 Å². The molecule has 15 heteroatoms. The van der Waals surface area contributed by atoms with Crippen LogP contribution in [-0.2, 0) is 44.9 Å². The number of benzene rings is 1. The molecule has 1 unspecified atom stereocenters. The van der Waals surface area contributed by atoms with E-state index in [4.69, 9.17) is 40.7 Å². The average Bonchev–Trinajstić information content (AvgIpc) is 2.76. The summed E-state index contributed by atoms with van der Waals surface area (Å²) in [6, 6.07) is 0. The van der Waals surface area contributed by atoms with Crippen LogP contribution < -0.4 is 0 Å². The van der Waals surface area contributed by atoms with Crippen LogP contribution in [0.25, 0.3) is 0 Å². The van der Waals surface area contributed by atoms with Gasteiger partial charge in [-0.25, -0.2) is 9.59 Å². The lowest BCUT2D eigenvalue weighted by atomic mass is 9.71. The number of carbonyl (C=O) groups excluding carboxylic acids is 2. The monoisotopic (exact) mass is 520 g/mol. The first kappa shape index (κ1) is 30.3. The Balaban J connectivity index is 2.70. The predicted octanol–water partition coefficient (Wildman–Crippen LogP) is 1.68. The van der Waals surface area contributed by atoms with Crippen molar-refractivity contribution < 1.29 is 45.2 Å². The smallest absolute Gasteiger partial charge is 0.426 e. The Kier molecular flexibility index (Phi) is 9.83. The van der Waals surface area contributed by atoms with Crippen molar-refractivity contribution in [2.75, 3.05) is 12.4 Å². The van der Waals surface area contributed by atoms with Crippen LogP contribution in [-0.4, -0.2) is 80.9 Å². The molecule has 7 nitrogen and oxygen atoms in total. The fourth-order valence-corrected chi connectivity index (χ4v) is 4.81. The normalized spacial score (nSPS) is 16.1. The maximum atomic E-state index is 13.4. The van der Waals surface area contributed by atoms with Gasteiger partial charge in [-0.1, -0.05) is 49.8 Å². The standard InChI is InChI=1S/C21H23B4F3O7S/c1-20(3-2-4-20)10-34-18(29)16-13(7-24)11(5-22)12(6-23)14(8-25)17(16)19(30)35-15(21(26,27)28)9-36(31,32)33/h15H,2-10H2,1H3,(H,31,32,33). The lowest BCUT2D eigenvalue weighted by Gasteiger charge is -2.37. The number of alkyl halides is 3. The van der Waals surface area contributed by atoms with Gasteiger partial charge < -0.3 is 9.47 Å². The van der Waals surface area contributed by atoms with Crippen molar-refractivity contribution >= 4 is 53.4 Å². The zero-order valence-corrected chi connectivity index (χ0v) is 20.5. The minimum Gasteiger partial charge on any atom is -0.461 e. The van der Waals surface area contributed by atoms with Gasteiger partial charge in [0.05, 0.1) is 49.1 Å². The number of rotatable bonds is 11. The Bertz CT molecular complexity index is 1110. The highest BCUT2D eigenvalue weighted by Gasteiger charge is 2.46. The van der Waals surface area contributed by atoms with E-state index < -0.39 is 57.5 Å². The molecule has 36 heavy (non-hydrogen) atoms. The molecule has 1 aliphatic carbocycles. The van der Waals surface area contributed by atoms with Crippen LogP contribution in [0.4, 0.5) is 13.2 Å². The summed E-state index contributed by atoms with van der Waals surface area (Å²) in [5.41, 5.74) is -1.07. The molecule has 0 heterocycles. The first-order valence-corrected chi connectivity index (χ1v) is 12.6. The van der Waals surface area contributed by atoms with E-state index in [1.165, 1.54) is 0 Å². The van der Waals surface area contributed by atoms with E-state index in [1.54, 1.807) is 0 Å². The third-order valence-electron chi connectivity index (χ3n) is 6.26. The maximum Gasteiger partial charge on any atom is 0.426 e. The third kappa shape index (κ3) is 6.90. The largest absolute Gasteiger partial charge is 0.461 e. The van der Waals surface area contributed by atoms with Crippen LogP contribution in [0.15, 0.2) is 0 Å². The number of ether oxygens (including phenoxy) is 2. The zero-order chi connectivity index (χ0) is 27.5. The highest BCUT2D eigenvalue weighted by molar-refractivity contribution is 7.85. The van der Waals surface area contributed by atoms with Gasteiger partial charge in [-0.15, -0.1) is 0 Å². The number of hydrogen-bond acceptors (Lipinski definition) is 6. The molecule has 0 aromatic heterocycles. The summed E-state index contributed by atoms with van der Waals surface area (Å²) in [5, 5.41) is 0. The molecule has 1 aromatic carbocycles. The van der Waals surface area contributed by atoms with Crippen molar-refractivity contribution in [2.45, 2.75) is 63.7 Å². The SMILES string of the molecule is [B]Cc1c(C[B])c(C[B])c(C(=O)OC(CS(=O)(=O)O)C(F)(F)F)c(C(=O)OCC2(C)CCC2)c1C[B]. The highest BCUT2D eigenvalue weighted by Crippen LogP contribution is 2.41. The lowest BCUT2D eigenvalue weighted by Crippen LogP contribution is -2.40. The Morgan fingerprint density at radius 2 is 1.39 bits per heavy atom. The molecule has 1 aromatic rings. The van der Waals surface area contributed by atoms with Gasteiger partial charge >= 0.3 is 18.1 Å². The van der Waals surface area contributed by atoms with Gasteiger partial charge in [-0.3, -0.25) is 4.55 Å². The van der Waals surface area contributed by atoms with E-state index in [2.05, 4.69) is 4.74 Å². The fraction of sp³-hybridized carbons (Fsp3) is 0.619. The van der Waals surface area contributed by atoms with Crippen molar-refractivity contribution in [3.8, 4) is 0 Å². The molecule has 0 bridgehead atoms. The number of halogens is 3. The second-order valence-corrected chi connectivity index (χ2v) is 10.4. The minimum absolute atomic E-state index is 0.0178. The second kappa shape index (κ2) is 11.7. The van der Waals surface area contributed by atoms with Gasteiger partial charge in [-0.05, 0) is 24.0 Å². The Morgan fingerprint density at radius 1 is 0.944 bits per heavy atom. The molecule has 0 spiro atoms. The van der Waals surface area contributed by atoms with Crippen LogP contribution in [0.1, 0.15) is 69.2 Å². The molecule has 0 amide bonds. The van der Waals surface area contributed by atoms with Crippen molar-refractivity contribution in [1.82, 2.24) is 0 Å². The lowest BCUT2D eigenvalue weighted by molar-refractivity contribution is -0.197. The molecular formula is C21H23B4F3O7S. The molecule has 1 aliphatic rings. The van der Waals surface area contributed by atoms with Crippen molar-refractivity contribution in [3.63, 3.8) is 0 Å². The van der Waals surface area contributed by atoms with Crippen LogP contribution in [0.5, 0.6) is 0 Å². The average molecular weight is 520 g/mol. The number of esters is 2. The van der Waals surface area contributed by atoms with Crippen LogP contribution in [0.3, 0.4) is 0 Å². The second-order valence-electron chi connectivity index (χ2n) is 8.91. The topological polar surface area (TPSA) is 107 Å². The molecule has 0 aliphatic heterocycles. The first-order valence-electron chi connectivity index (χ1n) is 11.0. The van der Waals surface area contributed by atoms with Crippen LogP contribution >= 0.6 is 0 Å². The molecule has 1 saturated carbocycles. The summed E-state index contributed by atoms with van der Waals surface area (Å²) < 4.78 is 81.4. The third-order valence-corrected chi connectivity index (χ3v) is 6.98. The Morgan fingerprint density at radius 3 is 1.72 bits per heavy atom. The molecule has 1 fully saturated rings. The summed E-state index contributed by atoms with van der Waals surface area (Å²) in [5.74, 6) is -4.72. The van der Waals surface area contributed by atoms with Gasteiger partial charge in [0.1, 0.15) is 5.75 Å². The Hall–Kier alpha value is -1.88. The summed E-state index contributed by atoms with van der Waals surface area (Å²) in [6.45, 7) is 1.87. The molecule has 0 saturated heterocycles. The first-order chi connectivity index (χ1) is 16.6. The van der Waals surface area contributed by atoms with Crippen molar-refractivity contribution in [2.24, 2.45) is 5.41 Å². The van der Waals surface area contributed by atoms with E-state index in [0.717, 1.165) is 19.3 Å². The molecular weight excluding hydrogens is 497 g/mol. The van der Waals surface area contributed by atoms with Crippen LogP contribution in [0, 0.1) is 5.41 Å². The minimum atomic E-state index is -5.36. The number of carbonyl (C=O) groups is 2. The van der Waals surface area contributed by atoms with E-state index in [1.807, 2.05) is 6.92 Å². The van der Waals surface area contributed by atoms with Gasteiger partial charge in [0.15, 0.2) is 0 Å². The van der Waals surface area contributed by atoms with Crippen LogP contribution in [0.2, 0.25) is 0 Å². The van der Waals surface area contributed by atoms with Gasteiger partial charge in [0.25, 0.3) is 10.1 Å². The summed E-state index contributed by atoms with van der Waals surface area (Å²) in [6.07, 6.45) is -7.35.